The Bertz CT molecular complexity index is 2460. The molecule has 0 amide bonds. The van der Waals surface area contributed by atoms with Crippen LogP contribution in [0.3, 0.4) is 0 Å². The smallest absolute Gasteiger partial charge is 0.305 e. The van der Waals surface area contributed by atoms with Crippen molar-refractivity contribution in [2.75, 3.05) is 21.3 Å². The minimum atomic E-state index is -0.0870. The van der Waals surface area contributed by atoms with Crippen LogP contribution in [0.4, 0.5) is 0 Å². The second kappa shape index (κ2) is 22.7. The van der Waals surface area contributed by atoms with Gasteiger partial charge in [-0.15, -0.1) is 0 Å². The number of carbonyl (C=O) groups is 2. The lowest BCUT2D eigenvalue weighted by Gasteiger charge is -2.61. The van der Waals surface area contributed by atoms with Gasteiger partial charge in [0.1, 0.15) is 6.29 Å². The van der Waals surface area contributed by atoms with E-state index in [1.165, 1.54) is 161 Å². The lowest BCUT2D eigenvalue weighted by molar-refractivity contribution is -0.161. The summed E-state index contributed by atoms with van der Waals surface area (Å²) in [5, 5.41) is 10.2. The van der Waals surface area contributed by atoms with E-state index in [1.807, 2.05) is 14.2 Å². The van der Waals surface area contributed by atoms with Gasteiger partial charge in [-0.1, -0.05) is 107 Å². The first-order chi connectivity index (χ1) is 39.9. The van der Waals surface area contributed by atoms with E-state index in [0.29, 0.717) is 79.7 Å². The predicted molar refractivity (Wildman–Crippen MR) is 341 cm³/mol. The topological polar surface area (TPSA) is 82.1 Å². The van der Waals surface area contributed by atoms with Crippen molar-refractivity contribution in [2.24, 2.45) is 156 Å². The van der Waals surface area contributed by atoms with E-state index >= 15 is 0 Å². The molecule has 84 heavy (non-hydrogen) atoms. The van der Waals surface area contributed by atoms with E-state index in [2.05, 4.69) is 101 Å². The van der Waals surface area contributed by atoms with E-state index < -0.39 is 0 Å². The number of rotatable bonds is 13. The number of methoxy groups -OCH3 is 3. The molecule has 0 aromatic heterocycles. The van der Waals surface area contributed by atoms with Gasteiger partial charge < -0.3 is 24.1 Å². The third-order valence-corrected chi connectivity index (χ3v) is 33.1. The quantitative estimate of drug-likeness (QED) is 0.112. The Balaban J connectivity index is 0.000000124. The fourth-order valence-electron chi connectivity index (χ4n) is 28.6. The van der Waals surface area contributed by atoms with Crippen LogP contribution >= 0.6 is 0 Å². The molecule has 14 rings (SSSR count). The van der Waals surface area contributed by atoms with Gasteiger partial charge in [-0.25, -0.2) is 0 Å². The molecule has 29 atom stereocenters. The van der Waals surface area contributed by atoms with Crippen LogP contribution in [0.5, 0.6) is 0 Å². The summed E-state index contributed by atoms with van der Waals surface area (Å²) in [6.07, 6.45) is 45.1. The molecule has 0 aromatic carbocycles. The minimum absolute atomic E-state index is 0.0473. The van der Waals surface area contributed by atoms with Gasteiger partial charge in [-0.2, -0.15) is 0 Å². The van der Waals surface area contributed by atoms with Gasteiger partial charge in [0.05, 0.1) is 25.4 Å². The van der Waals surface area contributed by atoms with Gasteiger partial charge in [0.25, 0.3) is 0 Å². The van der Waals surface area contributed by atoms with Crippen LogP contribution in [-0.2, 0) is 23.8 Å². The maximum atomic E-state index is 11.7. The van der Waals surface area contributed by atoms with Crippen molar-refractivity contribution in [1.82, 2.24) is 0 Å². The highest BCUT2D eigenvalue weighted by atomic mass is 16.5. The Hall–Kier alpha value is -1.50. The molecule has 19 unspecified atom stereocenters. The van der Waals surface area contributed by atoms with Gasteiger partial charge in [-0.3, -0.25) is 4.79 Å². The molecule has 0 bridgehead atoms. The molecule has 0 radical (unpaired) electrons. The van der Waals surface area contributed by atoms with Crippen LogP contribution in [-0.4, -0.2) is 57.0 Å². The monoisotopic (exact) mass is 1160 g/mol. The predicted octanol–water partition coefficient (Wildman–Crippen LogP) is 18.8. The number of allylic oxidation sites excluding steroid dienone is 3. The third-order valence-electron chi connectivity index (χ3n) is 33.1. The van der Waals surface area contributed by atoms with Crippen molar-refractivity contribution in [3.8, 4) is 0 Å². The van der Waals surface area contributed by atoms with Crippen LogP contribution in [0.15, 0.2) is 23.8 Å². The molecule has 14 aliphatic carbocycles. The summed E-state index contributed by atoms with van der Waals surface area (Å²) in [4.78, 5) is 23.2. The number of aliphatic hydroxyl groups is 1. The highest BCUT2D eigenvalue weighted by Gasteiger charge is 2.79. The van der Waals surface area contributed by atoms with Gasteiger partial charge >= 0.3 is 5.97 Å². The summed E-state index contributed by atoms with van der Waals surface area (Å²) >= 11 is 0. The molecule has 0 aromatic rings. The van der Waals surface area contributed by atoms with Crippen LogP contribution in [0.25, 0.3) is 0 Å². The zero-order valence-electron chi connectivity index (χ0n) is 56.6. The summed E-state index contributed by atoms with van der Waals surface area (Å²) in [6.45, 7) is 29.8. The number of hydrogen-bond donors (Lipinski definition) is 1. The molecule has 6 heteroatoms. The van der Waals surface area contributed by atoms with Crippen molar-refractivity contribution in [2.45, 2.75) is 275 Å². The second-order valence-corrected chi connectivity index (χ2v) is 35.5. The average Bonchev–Trinajstić information content (AvgIpc) is 1.49. The van der Waals surface area contributed by atoms with Crippen LogP contribution in [0, 0.1) is 156 Å². The molecular weight excluding hydrogens is 1030 g/mol. The fourth-order valence-corrected chi connectivity index (χ4v) is 28.6. The molecule has 0 aliphatic heterocycles. The largest absolute Gasteiger partial charge is 0.469 e. The Kier molecular flexibility index (Phi) is 16.9. The van der Waals surface area contributed by atoms with E-state index in [0.717, 1.165) is 108 Å². The van der Waals surface area contributed by atoms with Gasteiger partial charge in [-0.05, 0) is 306 Å². The first-order valence-electron chi connectivity index (χ1n) is 36.6. The molecule has 13 saturated carbocycles. The SMILES string of the molecule is CCC(/C=C/[C@@H](C)C1CCC2C3CC=C4C[C@H](O)CC[C@]4(C)C3CC[C@@]21C)C(C)C.COC(=O)CC[C@@H](C)C1CCC2C3CC(OC)C45CC4CC[C@]5(C)C3CC[C@@]21C.COC1CC2C3CCC([C@H](C)C=O)[C@@]3(C)CCC2[C@@]2(C)CCC3CC312. The van der Waals surface area contributed by atoms with E-state index in [4.69, 9.17) is 14.2 Å². The number of fused-ring (bicyclic) bond motifs is 13. The average molecular weight is 1160 g/mol. The maximum absolute atomic E-state index is 11.7. The third kappa shape index (κ3) is 9.25. The Morgan fingerprint density at radius 1 is 0.595 bits per heavy atom. The number of aldehydes is 1. The Morgan fingerprint density at radius 2 is 1.10 bits per heavy atom. The number of carbonyl (C=O) groups excluding carboxylic acids is 2. The zero-order chi connectivity index (χ0) is 59.9. The number of hydrogen-bond acceptors (Lipinski definition) is 6. The van der Waals surface area contributed by atoms with Crippen LogP contribution < -0.4 is 0 Å². The zero-order valence-corrected chi connectivity index (χ0v) is 56.6. The van der Waals surface area contributed by atoms with Crippen molar-refractivity contribution in [1.29, 1.82) is 0 Å². The second-order valence-electron chi connectivity index (χ2n) is 35.5. The van der Waals surface area contributed by atoms with Crippen molar-refractivity contribution < 1.29 is 28.9 Å². The Labute approximate surface area is 514 Å². The summed E-state index contributed by atoms with van der Waals surface area (Å²) in [5.41, 5.74) is 5.47. The lowest BCUT2D eigenvalue weighted by Crippen LogP contribution is -2.57. The molecule has 1 N–H and O–H groups in total. The summed E-state index contributed by atoms with van der Waals surface area (Å²) in [5.74, 6) is 15.0. The van der Waals surface area contributed by atoms with E-state index in [-0.39, 0.29) is 18.0 Å². The van der Waals surface area contributed by atoms with Gasteiger partial charge in [0, 0.05) is 37.4 Å². The summed E-state index contributed by atoms with van der Waals surface area (Å²) < 4.78 is 17.3. The molecule has 2 spiro atoms. The van der Waals surface area contributed by atoms with Crippen molar-refractivity contribution >= 4 is 12.3 Å². The normalized spacial score (nSPS) is 52.6. The number of ether oxygens (including phenoxy) is 3. The molecule has 0 saturated heterocycles. The number of esters is 1. The summed E-state index contributed by atoms with van der Waals surface area (Å²) in [6, 6.07) is 0. The van der Waals surface area contributed by atoms with E-state index in [1.54, 1.807) is 5.57 Å². The molecule has 474 valence electrons. The number of aliphatic hydroxyl groups excluding tert-OH is 1. The fraction of sp³-hybridized carbons (Fsp3) is 0.923. The Morgan fingerprint density at radius 3 is 1.58 bits per heavy atom. The van der Waals surface area contributed by atoms with Crippen molar-refractivity contribution in [3.63, 3.8) is 0 Å². The molecular formula is C78H126O6. The van der Waals surface area contributed by atoms with E-state index in [9.17, 15) is 14.7 Å². The van der Waals surface area contributed by atoms with Gasteiger partial charge in [0.2, 0.25) is 0 Å². The van der Waals surface area contributed by atoms with Gasteiger partial charge in [0.15, 0.2) is 0 Å². The molecule has 0 heterocycles. The highest BCUT2D eigenvalue weighted by Crippen LogP contribution is 2.84. The summed E-state index contributed by atoms with van der Waals surface area (Å²) in [7, 11) is 5.47. The first-order valence-corrected chi connectivity index (χ1v) is 36.6. The minimum Gasteiger partial charge on any atom is -0.469 e. The van der Waals surface area contributed by atoms with Crippen LogP contribution in [0.1, 0.15) is 256 Å². The standard InChI is InChI=1S/C29H48O.C26H42O3.C23H36O2/c1-7-21(19(2)3)9-8-20(4)25-12-13-26-24-11-10-22-18-23(30)14-16-28(22,5)27(24)15-17-29(25,26)6;1-16(6-9-23(27)29-5)19-7-8-20-18-14-22(28-4)26-15-17(26)10-13-25(26,3)21(18)11-12-24(19,20)2;1-14(13-24)17-5-6-18-16-11-20(25-4)23-12-15(23)7-10-22(23,3)19(16)8-9-21(17,18)2/h8-10,19-21,23-27,30H,7,11-18H2,1-6H3;16-22H,6-15H2,1-5H3;13-20H,5-12H2,1-4H3/b9-8+;;/t20-,21?,23-,24?,25?,26?,27?,28+,29-;16-,17?,18?,19?,20?,21?,22?,24-,25-,26?;14-,15?,16?,17?,18?,19?,20?,21-,22-,23?/m111/s1. The lowest BCUT2D eigenvalue weighted by atomic mass is 9.45. The van der Waals surface area contributed by atoms with Crippen LogP contribution in [0.2, 0.25) is 0 Å². The maximum Gasteiger partial charge on any atom is 0.305 e. The molecule has 14 aliphatic rings. The molecule has 13 fully saturated rings. The van der Waals surface area contributed by atoms with Crippen molar-refractivity contribution in [3.05, 3.63) is 23.8 Å². The first kappa shape index (κ1) is 62.7. The highest BCUT2D eigenvalue weighted by molar-refractivity contribution is 5.69. The molecule has 6 nitrogen and oxygen atoms in total.